The molecule has 1 aromatic heterocycles. The van der Waals surface area contributed by atoms with Crippen LogP contribution in [0, 0.1) is 0 Å². The molecule has 2 nitrogen and oxygen atoms in total. The fraction of sp³-hybridized carbons (Fsp3) is 0.200. The number of halogens is 1. The fourth-order valence-electron chi connectivity index (χ4n) is 1.50. The Kier molecular flexibility index (Phi) is 2.63. The molecule has 0 aliphatic heterocycles. The second-order valence-electron chi connectivity index (χ2n) is 3.04. The van der Waals surface area contributed by atoms with Gasteiger partial charge in [-0.25, -0.2) is 0 Å². The molecular weight excluding hydrogens is 220 g/mol. The highest BCUT2D eigenvalue weighted by Gasteiger charge is 2.09. The standard InChI is InChI=1S/C10H9ClO2S/c11-3-6-1-7(4-12)10-8(13)5-14-9(10)2-6/h1-2,5,12-13H,3-4H2. The molecule has 0 radical (unpaired) electrons. The molecule has 0 saturated heterocycles. The molecule has 0 spiro atoms. The Labute approximate surface area is 90.4 Å². The highest BCUT2D eigenvalue weighted by molar-refractivity contribution is 7.17. The first-order valence-corrected chi connectivity index (χ1v) is 5.56. The Hall–Kier alpha value is -0.770. The summed E-state index contributed by atoms with van der Waals surface area (Å²) in [5.41, 5.74) is 1.70. The van der Waals surface area contributed by atoms with Gasteiger partial charge in [-0.3, -0.25) is 0 Å². The quantitative estimate of drug-likeness (QED) is 0.776. The van der Waals surface area contributed by atoms with E-state index in [2.05, 4.69) is 0 Å². The van der Waals surface area contributed by atoms with Crippen molar-refractivity contribution in [1.82, 2.24) is 0 Å². The topological polar surface area (TPSA) is 40.5 Å². The summed E-state index contributed by atoms with van der Waals surface area (Å²) in [7, 11) is 0. The number of fused-ring (bicyclic) bond motifs is 1. The number of aliphatic hydroxyl groups is 1. The molecule has 0 atom stereocenters. The number of hydrogen-bond donors (Lipinski definition) is 2. The number of thiophene rings is 1. The van der Waals surface area contributed by atoms with Crippen molar-refractivity contribution in [2.24, 2.45) is 0 Å². The maximum atomic E-state index is 9.55. The molecule has 1 aromatic carbocycles. The van der Waals surface area contributed by atoms with Crippen LogP contribution in [0.4, 0.5) is 0 Å². The smallest absolute Gasteiger partial charge is 0.134 e. The Morgan fingerprint density at radius 2 is 2.14 bits per heavy atom. The van der Waals surface area contributed by atoms with Crippen LogP contribution in [0.3, 0.4) is 0 Å². The van der Waals surface area contributed by atoms with Crippen LogP contribution in [0.1, 0.15) is 11.1 Å². The van der Waals surface area contributed by atoms with Gasteiger partial charge in [0.15, 0.2) is 0 Å². The summed E-state index contributed by atoms with van der Waals surface area (Å²) in [5.74, 6) is 0.650. The Bertz CT molecular complexity index is 464. The first kappa shape index (κ1) is 9.77. The number of aliphatic hydroxyl groups excluding tert-OH is 1. The van der Waals surface area contributed by atoms with E-state index in [4.69, 9.17) is 16.7 Å². The highest BCUT2D eigenvalue weighted by atomic mass is 35.5. The van der Waals surface area contributed by atoms with Gasteiger partial charge in [0.25, 0.3) is 0 Å². The molecule has 0 bridgehead atoms. The second kappa shape index (κ2) is 3.77. The van der Waals surface area contributed by atoms with E-state index in [0.717, 1.165) is 21.2 Å². The van der Waals surface area contributed by atoms with Gasteiger partial charge < -0.3 is 10.2 Å². The van der Waals surface area contributed by atoms with Crippen molar-refractivity contribution < 1.29 is 10.2 Å². The highest BCUT2D eigenvalue weighted by Crippen LogP contribution is 2.35. The number of benzene rings is 1. The third-order valence-corrected chi connectivity index (χ3v) is 3.35. The molecule has 4 heteroatoms. The summed E-state index contributed by atoms with van der Waals surface area (Å²) in [6.45, 7) is -0.0779. The summed E-state index contributed by atoms with van der Waals surface area (Å²) < 4.78 is 0.963. The monoisotopic (exact) mass is 228 g/mol. The summed E-state index contributed by atoms with van der Waals surface area (Å²) in [5, 5.41) is 21.1. The summed E-state index contributed by atoms with van der Waals surface area (Å²) in [4.78, 5) is 0. The van der Waals surface area contributed by atoms with E-state index in [9.17, 15) is 5.11 Å². The predicted molar refractivity (Wildman–Crippen MR) is 59.0 cm³/mol. The van der Waals surface area contributed by atoms with Crippen LogP contribution >= 0.6 is 22.9 Å². The Balaban J connectivity index is 2.76. The van der Waals surface area contributed by atoms with E-state index in [1.807, 2.05) is 12.1 Å². The number of aromatic hydroxyl groups is 1. The second-order valence-corrected chi connectivity index (χ2v) is 4.22. The minimum Gasteiger partial charge on any atom is -0.506 e. The van der Waals surface area contributed by atoms with Gasteiger partial charge in [-0.1, -0.05) is 6.07 Å². The van der Waals surface area contributed by atoms with Crippen LogP contribution in [0.5, 0.6) is 5.75 Å². The maximum absolute atomic E-state index is 9.55. The van der Waals surface area contributed by atoms with Crippen LogP contribution in [0.15, 0.2) is 17.5 Å². The molecule has 2 N–H and O–H groups in total. The average Bonchev–Trinajstić information content (AvgIpc) is 2.59. The van der Waals surface area contributed by atoms with Gasteiger partial charge in [0.05, 0.1) is 6.61 Å². The van der Waals surface area contributed by atoms with Crippen LogP contribution in [0.25, 0.3) is 10.1 Å². The third-order valence-electron chi connectivity index (χ3n) is 2.12. The van der Waals surface area contributed by atoms with Crippen molar-refractivity contribution >= 4 is 33.0 Å². The molecule has 0 saturated carbocycles. The van der Waals surface area contributed by atoms with Crippen LogP contribution < -0.4 is 0 Å². The first-order chi connectivity index (χ1) is 6.76. The maximum Gasteiger partial charge on any atom is 0.134 e. The summed E-state index contributed by atoms with van der Waals surface area (Å²) >= 11 is 7.18. The van der Waals surface area contributed by atoms with Gasteiger partial charge in [0.2, 0.25) is 0 Å². The molecule has 2 rings (SSSR count). The predicted octanol–water partition coefficient (Wildman–Crippen LogP) is 2.84. The van der Waals surface area contributed by atoms with Crippen molar-refractivity contribution in [3.8, 4) is 5.75 Å². The number of hydrogen-bond acceptors (Lipinski definition) is 3. The van der Waals surface area contributed by atoms with Gasteiger partial charge in [-0.2, -0.15) is 0 Å². The minimum atomic E-state index is -0.0779. The zero-order chi connectivity index (χ0) is 10.1. The largest absolute Gasteiger partial charge is 0.506 e. The van der Waals surface area contributed by atoms with Crippen molar-refractivity contribution in [2.45, 2.75) is 12.5 Å². The Morgan fingerprint density at radius 3 is 2.79 bits per heavy atom. The molecule has 1 heterocycles. The van der Waals surface area contributed by atoms with Gasteiger partial charge in [0.1, 0.15) is 5.75 Å². The fourth-order valence-corrected chi connectivity index (χ4v) is 2.58. The van der Waals surface area contributed by atoms with E-state index >= 15 is 0 Å². The van der Waals surface area contributed by atoms with Crippen LogP contribution in [0.2, 0.25) is 0 Å². The zero-order valence-electron chi connectivity index (χ0n) is 7.33. The zero-order valence-corrected chi connectivity index (χ0v) is 8.90. The average molecular weight is 229 g/mol. The summed E-state index contributed by atoms with van der Waals surface area (Å²) in [6.07, 6.45) is 0. The molecule has 0 unspecified atom stereocenters. The molecule has 0 aliphatic rings. The lowest BCUT2D eigenvalue weighted by atomic mass is 10.1. The first-order valence-electron chi connectivity index (χ1n) is 4.15. The molecule has 0 amide bonds. The number of rotatable bonds is 2. The Morgan fingerprint density at radius 1 is 1.36 bits per heavy atom. The lowest BCUT2D eigenvalue weighted by Crippen LogP contribution is -1.87. The van der Waals surface area contributed by atoms with Crippen LogP contribution in [-0.2, 0) is 12.5 Å². The van der Waals surface area contributed by atoms with Gasteiger partial charge in [-0.05, 0) is 17.2 Å². The molecule has 2 aromatic rings. The van der Waals surface area contributed by atoms with Gasteiger partial charge in [0, 0.05) is 21.3 Å². The van der Waals surface area contributed by atoms with E-state index in [1.54, 1.807) is 5.38 Å². The molecule has 0 aliphatic carbocycles. The van der Waals surface area contributed by atoms with E-state index in [1.165, 1.54) is 11.3 Å². The minimum absolute atomic E-state index is 0.0779. The van der Waals surface area contributed by atoms with Crippen molar-refractivity contribution in [3.05, 3.63) is 28.6 Å². The molecule has 0 fully saturated rings. The van der Waals surface area contributed by atoms with E-state index in [0.29, 0.717) is 5.88 Å². The van der Waals surface area contributed by atoms with E-state index < -0.39 is 0 Å². The normalized spacial score (nSPS) is 11.0. The van der Waals surface area contributed by atoms with Crippen molar-refractivity contribution in [1.29, 1.82) is 0 Å². The molecular formula is C10H9ClO2S. The van der Waals surface area contributed by atoms with E-state index in [-0.39, 0.29) is 12.4 Å². The summed E-state index contributed by atoms with van der Waals surface area (Å²) in [6, 6.07) is 3.76. The molecule has 74 valence electrons. The number of alkyl halides is 1. The van der Waals surface area contributed by atoms with Gasteiger partial charge >= 0.3 is 0 Å². The third kappa shape index (κ3) is 1.47. The van der Waals surface area contributed by atoms with Crippen LogP contribution in [-0.4, -0.2) is 10.2 Å². The lowest BCUT2D eigenvalue weighted by molar-refractivity contribution is 0.283. The van der Waals surface area contributed by atoms with Crippen molar-refractivity contribution in [2.75, 3.05) is 0 Å². The van der Waals surface area contributed by atoms with Crippen molar-refractivity contribution in [3.63, 3.8) is 0 Å². The van der Waals surface area contributed by atoms with Gasteiger partial charge in [-0.15, -0.1) is 22.9 Å². The lowest BCUT2D eigenvalue weighted by Gasteiger charge is -2.03. The molecule has 14 heavy (non-hydrogen) atoms. The SMILES string of the molecule is OCc1cc(CCl)cc2scc(O)c12.